The highest BCUT2D eigenvalue weighted by molar-refractivity contribution is 6.04. The second kappa shape index (κ2) is 8.13. The number of esters is 1. The van der Waals surface area contributed by atoms with Crippen LogP contribution in [0.4, 0.5) is 5.69 Å². The van der Waals surface area contributed by atoms with Crippen LogP contribution in [0.2, 0.25) is 0 Å². The number of hydrogen-bond acceptors (Lipinski definition) is 5. The van der Waals surface area contributed by atoms with E-state index in [-0.39, 0.29) is 30.5 Å². The molecule has 0 radical (unpaired) electrons. The summed E-state index contributed by atoms with van der Waals surface area (Å²) in [5, 5.41) is 12.6. The molecule has 2 aromatic carbocycles. The van der Waals surface area contributed by atoms with Gasteiger partial charge in [0, 0.05) is 29.6 Å². The molecule has 0 saturated heterocycles. The van der Waals surface area contributed by atoms with Gasteiger partial charge in [0.2, 0.25) is 5.91 Å². The Kier molecular flexibility index (Phi) is 5.46. The van der Waals surface area contributed by atoms with Crippen molar-refractivity contribution in [2.75, 3.05) is 19.0 Å². The molecule has 0 spiro atoms. The molecule has 3 N–H and O–H groups in total. The molecular weight excluding hydrogens is 348 g/mol. The number of benzene rings is 2. The second-order valence-corrected chi connectivity index (χ2v) is 5.74. The number of fused-ring (bicyclic) bond motifs is 1. The van der Waals surface area contributed by atoms with Gasteiger partial charge in [0.1, 0.15) is 0 Å². The number of amides is 2. The largest absolute Gasteiger partial charge is 0.464 e. The number of methoxy groups -OCH3 is 1. The van der Waals surface area contributed by atoms with Crippen LogP contribution >= 0.6 is 0 Å². The van der Waals surface area contributed by atoms with Gasteiger partial charge in [0.15, 0.2) is 5.69 Å². The SMILES string of the molecule is COC(=O)c1n[nH]c2ccc(NC(=O)CCNC(=O)c3ccccc3)cc12. The Morgan fingerprint density at radius 2 is 1.89 bits per heavy atom. The van der Waals surface area contributed by atoms with Gasteiger partial charge in [-0.3, -0.25) is 14.7 Å². The lowest BCUT2D eigenvalue weighted by molar-refractivity contribution is -0.116. The van der Waals surface area contributed by atoms with Gasteiger partial charge in [0.25, 0.3) is 5.91 Å². The van der Waals surface area contributed by atoms with E-state index in [1.54, 1.807) is 42.5 Å². The molecule has 3 aromatic rings. The first-order valence-corrected chi connectivity index (χ1v) is 8.28. The van der Waals surface area contributed by atoms with Crippen molar-refractivity contribution in [3.05, 3.63) is 59.8 Å². The highest BCUT2D eigenvalue weighted by Crippen LogP contribution is 2.21. The van der Waals surface area contributed by atoms with Crippen LogP contribution in [0.1, 0.15) is 27.3 Å². The van der Waals surface area contributed by atoms with Crippen molar-refractivity contribution in [3.63, 3.8) is 0 Å². The monoisotopic (exact) mass is 366 g/mol. The lowest BCUT2D eigenvalue weighted by Gasteiger charge is -2.07. The summed E-state index contributed by atoms with van der Waals surface area (Å²) >= 11 is 0. The average molecular weight is 366 g/mol. The number of carbonyl (C=O) groups is 3. The van der Waals surface area contributed by atoms with E-state index in [0.29, 0.717) is 22.2 Å². The van der Waals surface area contributed by atoms with E-state index in [9.17, 15) is 14.4 Å². The minimum atomic E-state index is -0.562. The molecule has 0 fully saturated rings. The first-order chi connectivity index (χ1) is 13.1. The van der Waals surface area contributed by atoms with Gasteiger partial charge in [-0.15, -0.1) is 0 Å². The maximum Gasteiger partial charge on any atom is 0.359 e. The number of H-pyrrole nitrogens is 1. The Bertz CT molecular complexity index is 982. The van der Waals surface area contributed by atoms with E-state index >= 15 is 0 Å². The third kappa shape index (κ3) is 4.30. The van der Waals surface area contributed by atoms with E-state index in [1.807, 2.05) is 6.07 Å². The molecule has 3 rings (SSSR count). The zero-order valence-electron chi connectivity index (χ0n) is 14.6. The molecule has 27 heavy (non-hydrogen) atoms. The van der Waals surface area contributed by atoms with Crippen LogP contribution < -0.4 is 10.6 Å². The number of carbonyl (C=O) groups excluding carboxylic acids is 3. The summed E-state index contributed by atoms with van der Waals surface area (Å²) in [6.07, 6.45) is 0.117. The number of nitrogens with zero attached hydrogens (tertiary/aromatic N) is 1. The van der Waals surface area contributed by atoms with Crippen LogP contribution in [0.3, 0.4) is 0 Å². The highest BCUT2D eigenvalue weighted by atomic mass is 16.5. The molecule has 0 aliphatic carbocycles. The topological polar surface area (TPSA) is 113 Å². The van der Waals surface area contributed by atoms with E-state index in [4.69, 9.17) is 0 Å². The first-order valence-electron chi connectivity index (χ1n) is 8.28. The summed E-state index contributed by atoms with van der Waals surface area (Å²) in [5.41, 5.74) is 1.87. The van der Waals surface area contributed by atoms with E-state index < -0.39 is 5.97 Å². The van der Waals surface area contributed by atoms with E-state index in [0.717, 1.165) is 0 Å². The number of aromatic amines is 1. The molecule has 1 aromatic heterocycles. The highest BCUT2D eigenvalue weighted by Gasteiger charge is 2.15. The Balaban J connectivity index is 1.57. The van der Waals surface area contributed by atoms with Crippen LogP contribution in [-0.4, -0.2) is 41.6 Å². The third-order valence-corrected chi connectivity index (χ3v) is 3.90. The third-order valence-electron chi connectivity index (χ3n) is 3.90. The van der Waals surface area contributed by atoms with Gasteiger partial charge in [-0.25, -0.2) is 4.79 Å². The number of anilines is 1. The zero-order chi connectivity index (χ0) is 19.2. The molecule has 138 valence electrons. The smallest absolute Gasteiger partial charge is 0.359 e. The van der Waals surface area contributed by atoms with Crippen LogP contribution in [0.5, 0.6) is 0 Å². The molecule has 0 aliphatic heterocycles. The normalized spacial score (nSPS) is 10.4. The Labute approximate surface area is 154 Å². The molecule has 8 heteroatoms. The maximum absolute atomic E-state index is 12.1. The average Bonchev–Trinajstić information content (AvgIpc) is 3.11. The Morgan fingerprint density at radius 1 is 1.11 bits per heavy atom. The summed E-state index contributed by atoms with van der Waals surface area (Å²) in [6, 6.07) is 13.8. The van der Waals surface area contributed by atoms with Gasteiger partial charge >= 0.3 is 5.97 Å². The van der Waals surface area contributed by atoms with E-state index in [2.05, 4.69) is 25.6 Å². The summed E-state index contributed by atoms with van der Waals surface area (Å²) < 4.78 is 4.69. The Hall–Kier alpha value is -3.68. The van der Waals surface area contributed by atoms with E-state index in [1.165, 1.54) is 7.11 Å². The van der Waals surface area contributed by atoms with Crippen molar-refractivity contribution in [1.29, 1.82) is 0 Å². The molecule has 8 nitrogen and oxygen atoms in total. The van der Waals surface area contributed by atoms with Crippen LogP contribution in [0, 0.1) is 0 Å². The number of nitrogens with one attached hydrogen (secondary N) is 3. The van der Waals surface area contributed by atoms with Crippen molar-refractivity contribution in [1.82, 2.24) is 15.5 Å². The lowest BCUT2D eigenvalue weighted by Crippen LogP contribution is -2.27. The van der Waals surface area contributed by atoms with Gasteiger partial charge in [-0.05, 0) is 30.3 Å². The van der Waals surface area contributed by atoms with Crippen molar-refractivity contribution in [2.45, 2.75) is 6.42 Å². The van der Waals surface area contributed by atoms with Crippen molar-refractivity contribution < 1.29 is 19.1 Å². The van der Waals surface area contributed by atoms with Crippen molar-refractivity contribution >= 4 is 34.4 Å². The fourth-order valence-electron chi connectivity index (χ4n) is 2.55. The van der Waals surface area contributed by atoms with Gasteiger partial charge in [-0.1, -0.05) is 18.2 Å². The number of hydrogen-bond donors (Lipinski definition) is 3. The standard InChI is InChI=1S/C19H18N4O4/c1-27-19(26)17-14-11-13(7-8-15(14)22-23-17)21-16(24)9-10-20-18(25)12-5-3-2-4-6-12/h2-8,11H,9-10H2,1H3,(H,20,25)(H,21,24)(H,22,23). The number of ether oxygens (including phenoxy) is 1. The van der Waals surface area contributed by atoms with Gasteiger partial charge < -0.3 is 15.4 Å². The lowest BCUT2D eigenvalue weighted by atomic mass is 10.2. The minimum absolute atomic E-state index is 0.117. The molecule has 0 aliphatic rings. The van der Waals surface area contributed by atoms with Gasteiger partial charge in [0.05, 0.1) is 12.6 Å². The molecule has 0 saturated carbocycles. The fraction of sp³-hybridized carbons (Fsp3) is 0.158. The summed E-state index contributed by atoms with van der Waals surface area (Å²) in [4.78, 5) is 35.7. The van der Waals surface area contributed by atoms with Gasteiger partial charge in [-0.2, -0.15) is 5.10 Å². The summed E-state index contributed by atoms with van der Waals surface area (Å²) in [6.45, 7) is 0.209. The second-order valence-electron chi connectivity index (χ2n) is 5.74. The Morgan fingerprint density at radius 3 is 2.63 bits per heavy atom. The van der Waals surface area contributed by atoms with Crippen molar-refractivity contribution in [3.8, 4) is 0 Å². The van der Waals surface area contributed by atoms with Crippen LogP contribution in [-0.2, 0) is 9.53 Å². The molecule has 1 heterocycles. The molecule has 2 amide bonds. The quantitative estimate of drug-likeness (QED) is 0.578. The summed E-state index contributed by atoms with van der Waals surface area (Å²) in [7, 11) is 1.28. The van der Waals surface area contributed by atoms with Crippen LogP contribution in [0.25, 0.3) is 10.9 Å². The maximum atomic E-state index is 12.1. The predicted octanol–water partition coefficient (Wildman–Crippen LogP) is 2.11. The zero-order valence-corrected chi connectivity index (χ0v) is 14.6. The summed E-state index contributed by atoms with van der Waals surface area (Å²) in [5.74, 6) is -1.05. The minimum Gasteiger partial charge on any atom is -0.464 e. The van der Waals surface area contributed by atoms with Crippen LogP contribution in [0.15, 0.2) is 48.5 Å². The number of aromatic nitrogens is 2. The molecule has 0 atom stereocenters. The first kappa shape index (κ1) is 18.1. The number of rotatable bonds is 6. The van der Waals surface area contributed by atoms with Crippen molar-refractivity contribution in [2.24, 2.45) is 0 Å². The molecule has 0 bridgehead atoms. The molecule has 0 unspecified atom stereocenters. The predicted molar refractivity (Wildman–Crippen MR) is 99.5 cm³/mol. The fourth-order valence-corrected chi connectivity index (χ4v) is 2.55. The molecular formula is C19H18N4O4.